The van der Waals surface area contributed by atoms with Gasteiger partial charge in [0.15, 0.2) is 0 Å². The first-order chi connectivity index (χ1) is 27.3. The maximum Gasteiger partial charge on any atom is 0.472 e. The van der Waals surface area contributed by atoms with E-state index in [0.717, 1.165) is 70.6 Å². The number of rotatable bonds is 44. The molecule has 0 aromatic rings. The molecule has 0 fully saturated rings. The molecule has 0 heterocycles. The van der Waals surface area contributed by atoms with Crippen LogP contribution in [0.2, 0.25) is 0 Å². The molecule has 3 unspecified atom stereocenters. The van der Waals surface area contributed by atoms with Crippen LogP contribution in [0.15, 0.2) is 36.5 Å². The minimum absolute atomic E-state index is 0.0461. The molecule has 0 bridgehead atoms. The van der Waals surface area contributed by atoms with Crippen LogP contribution in [0.3, 0.4) is 0 Å². The van der Waals surface area contributed by atoms with Crippen LogP contribution in [0, 0.1) is 0 Å². The highest BCUT2D eigenvalue weighted by molar-refractivity contribution is 7.47. The van der Waals surface area contributed by atoms with E-state index in [1.54, 1.807) is 0 Å². The lowest BCUT2D eigenvalue weighted by Crippen LogP contribution is -2.29. The van der Waals surface area contributed by atoms with Crippen LogP contribution in [0.5, 0.6) is 0 Å². The molecule has 9 nitrogen and oxygen atoms in total. The van der Waals surface area contributed by atoms with Crippen molar-refractivity contribution >= 4 is 13.8 Å². The van der Waals surface area contributed by atoms with Crippen molar-refractivity contribution in [3.8, 4) is 0 Å². The second-order valence-corrected chi connectivity index (χ2v) is 16.9. The Hall–Kier alpha value is -1.32. The van der Waals surface area contributed by atoms with Crippen molar-refractivity contribution in [3.05, 3.63) is 36.5 Å². The number of unbranched alkanes of at least 4 members (excludes halogenated alkanes) is 24. The van der Waals surface area contributed by atoms with Crippen LogP contribution in [-0.2, 0) is 27.9 Å². The van der Waals surface area contributed by atoms with Crippen LogP contribution in [0.25, 0.3) is 0 Å². The van der Waals surface area contributed by atoms with E-state index >= 15 is 0 Å². The lowest BCUT2D eigenvalue weighted by molar-refractivity contribution is -0.154. The zero-order chi connectivity index (χ0) is 41.1. The molecule has 0 aromatic carbocycles. The summed E-state index contributed by atoms with van der Waals surface area (Å²) in [5.41, 5.74) is 0. The average Bonchev–Trinajstić information content (AvgIpc) is 3.19. The fraction of sp³-hybridized carbons (Fsp3) is 0.848. The molecule has 0 aliphatic carbocycles. The fourth-order valence-corrected chi connectivity index (χ4v) is 7.04. The topological polar surface area (TPSA) is 132 Å². The highest BCUT2D eigenvalue weighted by Crippen LogP contribution is 2.43. The second kappa shape index (κ2) is 43.3. The van der Waals surface area contributed by atoms with Gasteiger partial charge in [-0.3, -0.25) is 13.8 Å². The first kappa shape index (κ1) is 54.7. The molecular weight excluding hydrogens is 727 g/mol. The molecule has 0 saturated carbocycles. The summed E-state index contributed by atoms with van der Waals surface area (Å²) in [6, 6.07) is 0. The molecule has 0 aliphatic rings. The van der Waals surface area contributed by atoms with Crippen molar-refractivity contribution < 1.29 is 43.0 Å². The predicted molar refractivity (Wildman–Crippen MR) is 233 cm³/mol. The number of allylic oxidation sites excluding steroid dienone is 6. The predicted octanol–water partition coefficient (Wildman–Crippen LogP) is 12.8. The molecule has 10 heteroatoms. The minimum Gasteiger partial charge on any atom is -0.457 e. The number of hydrogen-bond acceptors (Lipinski definition) is 8. The lowest BCUT2D eigenvalue weighted by Gasteiger charge is -2.20. The largest absolute Gasteiger partial charge is 0.472 e. The van der Waals surface area contributed by atoms with Gasteiger partial charge in [-0.05, 0) is 64.2 Å². The third kappa shape index (κ3) is 42.3. The van der Waals surface area contributed by atoms with Crippen molar-refractivity contribution in [1.29, 1.82) is 0 Å². The summed E-state index contributed by atoms with van der Waals surface area (Å²) >= 11 is 0. The molecule has 0 saturated heterocycles. The summed E-state index contributed by atoms with van der Waals surface area (Å²) < 4.78 is 33.3. The number of aliphatic hydroxyl groups excluding tert-OH is 2. The normalized spacial score (nSPS) is 14.3. The highest BCUT2D eigenvalue weighted by Gasteiger charge is 2.26. The first-order valence-corrected chi connectivity index (χ1v) is 24.5. The number of ether oxygens (including phenoxy) is 2. The van der Waals surface area contributed by atoms with Crippen LogP contribution in [0.4, 0.5) is 0 Å². The molecule has 0 amide bonds. The Kier molecular flexibility index (Phi) is 42.2. The number of carbonyl (C=O) groups excluding carboxylic acids is 1. The van der Waals surface area contributed by atoms with Crippen LogP contribution < -0.4 is 0 Å². The summed E-state index contributed by atoms with van der Waals surface area (Å²) in [5.74, 6) is -0.393. The zero-order valence-corrected chi connectivity index (χ0v) is 37.0. The second-order valence-electron chi connectivity index (χ2n) is 15.4. The molecule has 0 radical (unpaired) electrons. The van der Waals surface area contributed by atoms with E-state index in [1.807, 2.05) is 0 Å². The van der Waals surface area contributed by atoms with Gasteiger partial charge < -0.3 is 24.6 Å². The van der Waals surface area contributed by atoms with E-state index in [9.17, 15) is 19.4 Å². The first-order valence-electron chi connectivity index (χ1n) is 23.0. The number of esters is 1. The summed E-state index contributed by atoms with van der Waals surface area (Å²) in [5, 5.41) is 18.3. The molecular formula is C46H87O9P. The van der Waals surface area contributed by atoms with Gasteiger partial charge in [0.05, 0.1) is 26.4 Å². The SMILES string of the molecule is CCCC/C=C\CCCCCCCC(=O)OC(COCCCCCCCCCCCCCC/C=C\C/C=C\CCCCCCC)COP(=O)(O)OCC(O)CO. The number of phosphoric ester groups is 1. The molecule has 0 aromatic heterocycles. The Balaban J connectivity index is 4.02. The summed E-state index contributed by atoms with van der Waals surface area (Å²) in [6.45, 7) is 3.47. The van der Waals surface area contributed by atoms with Crippen molar-refractivity contribution in [2.45, 2.75) is 219 Å². The van der Waals surface area contributed by atoms with E-state index in [-0.39, 0.29) is 19.6 Å². The van der Waals surface area contributed by atoms with Gasteiger partial charge in [-0.2, -0.15) is 0 Å². The number of hydrogen-bond donors (Lipinski definition) is 3. The van der Waals surface area contributed by atoms with Crippen LogP contribution >= 0.6 is 7.82 Å². The van der Waals surface area contributed by atoms with Gasteiger partial charge in [0.25, 0.3) is 0 Å². The van der Waals surface area contributed by atoms with Crippen molar-refractivity contribution in [1.82, 2.24) is 0 Å². The maximum absolute atomic E-state index is 12.6. The molecule has 330 valence electrons. The Morgan fingerprint density at radius 1 is 0.554 bits per heavy atom. The van der Waals surface area contributed by atoms with Gasteiger partial charge in [0, 0.05) is 13.0 Å². The third-order valence-corrected chi connectivity index (χ3v) is 10.7. The van der Waals surface area contributed by atoms with Gasteiger partial charge >= 0.3 is 13.8 Å². The molecule has 0 rings (SSSR count). The Labute approximate surface area is 344 Å². The quantitative estimate of drug-likeness (QED) is 0.0238. The van der Waals surface area contributed by atoms with Crippen molar-refractivity contribution in [3.63, 3.8) is 0 Å². The highest BCUT2D eigenvalue weighted by atomic mass is 31.2. The Bertz CT molecular complexity index is 970. The number of aliphatic hydroxyl groups is 2. The minimum atomic E-state index is -4.52. The summed E-state index contributed by atoms with van der Waals surface area (Å²) in [7, 11) is -4.52. The smallest absolute Gasteiger partial charge is 0.457 e. The summed E-state index contributed by atoms with van der Waals surface area (Å²) in [4.78, 5) is 22.5. The van der Waals surface area contributed by atoms with Crippen LogP contribution in [0.1, 0.15) is 206 Å². The Morgan fingerprint density at radius 2 is 0.982 bits per heavy atom. The van der Waals surface area contributed by atoms with Crippen LogP contribution in [-0.4, -0.2) is 66.3 Å². The summed E-state index contributed by atoms with van der Waals surface area (Å²) in [6.07, 6.45) is 46.9. The van der Waals surface area contributed by atoms with Gasteiger partial charge in [-0.25, -0.2) is 4.57 Å². The van der Waals surface area contributed by atoms with Gasteiger partial charge in [0.2, 0.25) is 0 Å². The number of carbonyl (C=O) groups is 1. The van der Waals surface area contributed by atoms with Crippen molar-refractivity contribution in [2.24, 2.45) is 0 Å². The molecule has 0 spiro atoms. The standard InChI is InChI=1S/C46H87O9P/c1-3-5-7-9-11-13-15-16-17-18-19-20-21-22-23-24-25-26-27-29-31-33-35-37-39-52-42-45(43-54-56(50,51)53-41-44(48)40-47)55-46(49)38-36-34-32-30-28-14-12-10-8-6-4-2/h10,12,15-16,18-19,44-45,47-48H,3-9,11,13-14,17,20-43H2,1-2H3,(H,50,51)/b12-10-,16-15-,19-18-. The fourth-order valence-electron chi connectivity index (χ4n) is 6.25. The van der Waals surface area contributed by atoms with E-state index in [0.29, 0.717) is 6.61 Å². The third-order valence-electron chi connectivity index (χ3n) is 9.80. The number of phosphoric acid groups is 1. The molecule has 56 heavy (non-hydrogen) atoms. The average molecular weight is 815 g/mol. The van der Waals surface area contributed by atoms with Gasteiger partial charge in [-0.15, -0.1) is 0 Å². The molecule has 3 atom stereocenters. The zero-order valence-electron chi connectivity index (χ0n) is 36.1. The molecule has 3 N–H and O–H groups in total. The van der Waals surface area contributed by atoms with E-state index in [2.05, 4.69) is 50.3 Å². The van der Waals surface area contributed by atoms with Gasteiger partial charge in [0.1, 0.15) is 12.2 Å². The molecule has 0 aliphatic heterocycles. The monoisotopic (exact) mass is 815 g/mol. The van der Waals surface area contributed by atoms with Crippen molar-refractivity contribution in [2.75, 3.05) is 33.0 Å². The van der Waals surface area contributed by atoms with E-state index in [1.165, 1.54) is 116 Å². The van der Waals surface area contributed by atoms with E-state index < -0.39 is 39.2 Å². The Morgan fingerprint density at radius 3 is 1.50 bits per heavy atom. The van der Waals surface area contributed by atoms with Gasteiger partial charge in [-0.1, -0.05) is 172 Å². The lowest BCUT2D eigenvalue weighted by atomic mass is 10.0. The maximum atomic E-state index is 12.6. The van der Waals surface area contributed by atoms with E-state index in [4.69, 9.17) is 23.6 Å².